The van der Waals surface area contributed by atoms with E-state index in [1.807, 2.05) is 30.3 Å². The van der Waals surface area contributed by atoms with E-state index in [2.05, 4.69) is 18.6 Å². The molecule has 0 saturated heterocycles. The summed E-state index contributed by atoms with van der Waals surface area (Å²) in [4.78, 5) is 11.2. The lowest BCUT2D eigenvalue weighted by Crippen LogP contribution is -2.11. The average molecular weight is 261 g/mol. The largest absolute Gasteiger partial charge is 0.509 e. The van der Waals surface area contributed by atoms with Crippen molar-refractivity contribution in [1.82, 2.24) is 0 Å². The fourth-order valence-corrected chi connectivity index (χ4v) is 1.72. The Bertz CT molecular complexity index is 445. The zero-order valence-corrected chi connectivity index (χ0v) is 11.6. The number of benzene rings is 1. The van der Waals surface area contributed by atoms with Crippen LogP contribution in [0.4, 0.5) is 4.79 Å². The first-order chi connectivity index (χ1) is 9.06. The van der Waals surface area contributed by atoms with Crippen LogP contribution in [-0.4, -0.2) is 12.8 Å². The normalized spacial score (nSPS) is 11.7. The van der Waals surface area contributed by atoms with Gasteiger partial charge in [-0.3, -0.25) is 0 Å². The Labute approximate surface area is 113 Å². The first-order valence-electron chi connectivity index (χ1n) is 6.38. The SMILES string of the molecule is CCOC(=O)O[C@@H](C#N)c1ccc(CC(C)C)cc1. The lowest BCUT2D eigenvalue weighted by atomic mass is 10.0. The maximum Gasteiger partial charge on any atom is 0.509 e. The minimum atomic E-state index is -0.924. The number of hydrogen-bond acceptors (Lipinski definition) is 4. The van der Waals surface area contributed by atoms with E-state index in [9.17, 15) is 4.79 Å². The van der Waals surface area contributed by atoms with E-state index in [0.29, 0.717) is 11.5 Å². The molecular weight excluding hydrogens is 242 g/mol. The third-order valence-corrected chi connectivity index (χ3v) is 2.52. The van der Waals surface area contributed by atoms with Crippen LogP contribution in [0.15, 0.2) is 24.3 Å². The number of carbonyl (C=O) groups is 1. The quantitative estimate of drug-likeness (QED) is 0.759. The van der Waals surface area contributed by atoms with Crippen LogP contribution >= 0.6 is 0 Å². The summed E-state index contributed by atoms with van der Waals surface area (Å²) in [5, 5.41) is 9.03. The van der Waals surface area contributed by atoms with Crippen LogP contribution in [0.3, 0.4) is 0 Å². The summed E-state index contributed by atoms with van der Waals surface area (Å²) < 4.78 is 9.58. The van der Waals surface area contributed by atoms with Crippen molar-refractivity contribution in [3.05, 3.63) is 35.4 Å². The van der Waals surface area contributed by atoms with Crippen LogP contribution in [0, 0.1) is 17.2 Å². The molecule has 0 aliphatic carbocycles. The molecular formula is C15H19NO3. The first-order valence-corrected chi connectivity index (χ1v) is 6.38. The van der Waals surface area contributed by atoms with Crippen LogP contribution in [0.5, 0.6) is 0 Å². The zero-order valence-electron chi connectivity index (χ0n) is 11.6. The number of nitrogens with zero attached hydrogens (tertiary/aromatic N) is 1. The number of carbonyl (C=O) groups excluding carboxylic acids is 1. The molecule has 0 radical (unpaired) electrons. The Balaban J connectivity index is 2.72. The summed E-state index contributed by atoms with van der Waals surface area (Å²) in [6.07, 6.45) is -0.761. The van der Waals surface area contributed by atoms with Gasteiger partial charge in [0.25, 0.3) is 0 Å². The summed E-state index contributed by atoms with van der Waals surface area (Å²) in [5.74, 6) is 0.577. The molecule has 0 saturated carbocycles. The van der Waals surface area contributed by atoms with E-state index in [1.54, 1.807) is 6.92 Å². The highest BCUT2D eigenvalue weighted by atomic mass is 16.7. The van der Waals surface area contributed by atoms with Gasteiger partial charge in [-0.15, -0.1) is 0 Å². The topological polar surface area (TPSA) is 59.3 Å². The Hall–Kier alpha value is -2.02. The van der Waals surface area contributed by atoms with Crippen LogP contribution in [0.1, 0.15) is 38.0 Å². The number of hydrogen-bond donors (Lipinski definition) is 0. The molecule has 0 aliphatic rings. The summed E-state index contributed by atoms with van der Waals surface area (Å²) in [6.45, 7) is 6.21. The van der Waals surface area contributed by atoms with Crippen molar-refractivity contribution in [2.45, 2.75) is 33.3 Å². The first kappa shape index (κ1) is 15.0. The molecule has 0 unspecified atom stereocenters. The van der Waals surface area contributed by atoms with Gasteiger partial charge in [0.1, 0.15) is 6.07 Å². The zero-order chi connectivity index (χ0) is 14.3. The molecule has 19 heavy (non-hydrogen) atoms. The Morgan fingerprint density at radius 1 is 1.32 bits per heavy atom. The molecule has 0 fully saturated rings. The highest BCUT2D eigenvalue weighted by Crippen LogP contribution is 2.19. The molecule has 0 N–H and O–H groups in total. The van der Waals surface area contributed by atoms with Crippen molar-refractivity contribution in [3.63, 3.8) is 0 Å². The second-order valence-corrected chi connectivity index (χ2v) is 4.65. The molecule has 1 rings (SSSR count). The molecule has 0 spiro atoms. The van der Waals surface area contributed by atoms with Crippen molar-refractivity contribution in [3.8, 4) is 6.07 Å². The second-order valence-electron chi connectivity index (χ2n) is 4.65. The second kappa shape index (κ2) is 7.42. The molecule has 0 bridgehead atoms. The lowest BCUT2D eigenvalue weighted by molar-refractivity contribution is 0.0421. The third kappa shape index (κ3) is 5.01. The smallest absolute Gasteiger partial charge is 0.435 e. The van der Waals surface area contributed by atoms with Gasteiger partial charge in [0.05, 0.1) is 6.61 Å². The van der Waals surface area contributed by atoms with Crippen LogP contribution in [-0.2, 0) is 15.9 Å². The van der Waals surface area contributed by atoms with Gasteiger partial charge in [-0.2, -0.15) is 5.26 Å². The van der Waals surface area contributed by atoms with Gasteiger partial charge in [-0.05, 0) is 24.8 Å². The molecule has 4 heteroatoms. The molecule has 102 valence electrons. The molecule has 0 aliphatic heterocycles. The fraction of sp³-hybridized carbons (Fsp3) is 0.467. The van der Waals surface area contributed by atoms with Crippen molar-refractivity contribution in [2.75, 3.05) is 6.61 Å². The molecule has 1 aromatic carbocycles. The lowest BCUT2D eigenvalue weighted by Gasteiger charge is -2.12. The van der Waals surface area contributed by atoms with E-state index in [-0.39, 0.29) is 6.61 Å². The van der Waals surface area contributed by atoms with E-state index in [1.165, 1.54) is 5.56 Å². The summed E-state index contributed by atoms with van der Waals surface area (Å²) in [7, 11) is 0. The minimum absolute atomic E-state index is 0.226. The van der Waals surface area contributed by atoms with Crippen molar-refractivity contribution >= 4 is 6.16 Å². The van der Waals surface area contributed by atoms with Crippen LogP contribution in [0.25, 0.3) is 0 Å². The molecule has 0 heterocycles. The van der Waals surface area contributed by atoms with Gasteiger partial charge in [0.15, 0.2) is 0 Å². The summed E-state index contributed by atoms with van der Waals surface area (Å²) >= 11 is 0. The highest BCUT2D eigenvalue weighted by molar-refractivity contribution is 5.60. The number of nitriles is 1. The Morgan fingerprint density at radius 3 is 2.42 bits per heavy atom. The van der Waals surface area contributed by atoms with Crippen LogP contribution in [0.2, 0.25) is 0 Å². The van der Waals surface area contributed by atoms with Gasteiger partial charge in [0.2, 0.25) is 6.10 Å². The monoisotopic (exact) mass is 261 g/mol. The standard InChI is InChI=1S/C15H19NO3/c1-4-18-15(17)19-14(10-16)13-7-5-12(6-8-13)9-11(2)3/h5-8,11,14H,4,9H2,1-3H3/t14-/m0/s1. The predicted octanol–water partition coefficient (Wildman–Crippen LogP) is 3.62. The molecule has 1 atom stereocenters. The van der Waals surface area contributed by atoms with Gasteiger partial charge in [0, 0.05) is 5.56 Å². The van der Waals surface area contributed by atoms with Crippen molar-refractivity contribution in [2.24, 2.45) is 5.92 Å². The van der Waals surface area contributed by atoms with Crippen LogP contribution < -0.4 is 0 Å². The molecule has 1 aromatic rings. The maximum absolute atomic E-state index is 11.2. The Kier molecular flexibility index (Phi) is 5.87. The Morgan fingerprint density at radius 2 is 1.95 bits per heavy atom. The van der Waals surface area contributed by atoms with Crippen molar-refractivity contribution < 1.29 is 14.3 Å². The van der Waals surface area contributed by atoms with E-state index >= 15 is 0 Å². The van der Waals surface area contributed by atoms with E-state index < -0.39 is 12.3 Å². The predicted molar refractivity (Wildman–Crippen MR) is 71.4 cm³/mol. The van der Waals surface area contributed by atoms with Gasteiger partial charge >= 0.3 is 6.16 Å². The summed E-state index contributed by atoms with van der Waals surface area (Å²) in [6, 6.07) is 9.47. The van der Waals surface area contributed by atoms with Crippen molar-refractivity contribution in [1.29, 1.82) is 5.26 Å². The minimum Gasteiger partial charge on any atom is -0.435 e. The van der Waals surface area contributed by atoms with Gasteiger partial charge in [-0.1, -0.05) is 38.1 Å². The summed E-state index contributed by atoms with van der Waals surface area (Å²) in [5.41, 5.74) is 1.86. The van der Waals surface area contributed by atoms with E-state index in [4.69, 9.17) is 10.00 Å². The average Bonchev–Trinajstić information content (AvgIpc) is 2.37. The number of ether oxygens (including phenoxy) is 2. The van der Waals surface area contributed by atoms with E-state index in [0.717, 1.165) is 6.42 Å². The van der Waals surface area contributed by atoms with Gasteiger partial charge < -0.3 is 9.47 Å². The molecule has 4 nitrogen and oxygen atoms in total. The fourth-order valence-electron chi connectivity index (χ4n) is 1.72. The highest BCUT2D eigenvalue weighted by Gasteiger charge is 2.16. The molecule has 0 aromatic heterocycles. The molecule has 0 amide bonds. The maximum atomic E-state index is 11.2. The number of rotatable bonds is 5. The van der Waals surface area contributed by atoms with Gasteiger partial charge in [-0.25, -0.2) is 4.79 Å². The third-order valence-electron chi connectivity index (χ3n) is 2.52.